The highest BCUT2D eigenvalue weighted by atomic mass is 19.1. The van der Waals surface area contributed by atoms with E-state index in [1.165, 1.54) is 5.56 Å². The molecule has 2 saturated heterocycles. The summed E-state index contributed by atoms with van der Waals surface area (Å²) < 4.78 is 13.7. The molecular formula is C24H29FN2O. The summed E-state index contributed by atoms with van der Waals surface area (Å²) in [5.74, 6) is 0.137. The minimum absolute atomic E-state index is 0.147. The summed E-state index contributed by atoms with van der Waals surface area (Å²) in [5, 5.41) is 0. The normalized spacial score (nSPS) is 19.9. The lowest BCUT2D eigenvalue weighted by molar-refractivity contribution is -0.140. The Morgan fingerprint density at radius 2 is 1.71 bits per heavy atom. The minimum atomic E-state index is -0.147. The molecule has 0 saturated carbocycles. The van der Waals surface area contributed by atoms with Gasteiger partial charge in [-0.05, 0) is 73.5 Å². The molecule has 1 amide bonds. The number of likely N-dealkylation sites (tertiary alicyclic amines) is 2. The topological polar surface area (TPSA) is 23.6 Å². The Kier molecular flexibility index (Phi) is 5.49. The molecule has 2 aromatic carbocycles. The SMILES string of the molecule is Cc1cc(F)cc(CN2CCC3(CCC(=O)N(Cc4ccccc4)C3)CC2)c1. The molecule has 3 nitrogen and oxygen atoms in total. The van der Waals surface area contributed by atoms with Gasteiger partial charge < -0.3 is 4.90 Å². The molecule has 0 radical (unpaired) electrons. The molecule has 2 heterocycles. The van der Waals surface area contributed by atoms with Crippen molar-refractivity contribution in [1.29, 1.82) is 0 Å². The van der Waals surface area contributed by atoms with E-state index in [1.807, 2.05) is 25.1 Å². The van der Waals surface area contributed by atoms with E-state index < -0.39 is 0 Å². The lowest BCUT2D eigenvalue weighted by Crippen LogP contribution is -2.51. The van der Waals surface area contributed by atoms with E-state index in [2.05, 4.69) is 28.0 Å². The van der Waals surface area contributed by atoms with Crippen LogP contribution in [-0.2, 0) is 17.9 Å². The molecule has 0 N–H and O–H groups in total. The maximum absolute atomic E-state index is 13.7. The van der Waals surface area contributed by atoms with Crippen molar-refractivity contribution in [3.05, 3.63) is 71.0 Å². The highest BCUT2D eigenvalue weighted by Gasteiger charge is 2.40. The number of carbonyl (C=O) groups is 1. The highest BCUT2D eigenvalue weighted by molar-refractivity contribution is 5.77. The molecule has 2 aromatic rings. The molecule has 2 fully saturated rings. The van der Waals surface area contributed by atoms with Gasteiger partial charge in [-0.1, -0.05) is 36.4 Å². The second-order valence-electron chi connectivity index (χ2n) is 8.65. The van der Waals surface area contributed by atoms with Crippen molar-refractivity contribution in [3.8, 4) is 0 Å². The van der Waals surface area contributed by atoms with Crippen LogP contribution in [0.4, 0.5) is 4.39 Å². The first-order valence-electron chi connectivity index (χ1n) is 10.3. The first-order chi connectivity index (χ1) is 13.5. The first-order valence-corrected chi connectivity index (χ1v) is 10.3. The van der Waals surface area contributed by atoms with Crippen LogP contribution in [0.3, 0.4) is 0 Å². The van der Waals surface area contributed by atoms with Crippen molar-refractivity contribution in [2.24, 2.45) is 5.41 Å². The van der Waals surface area contributed by atoms with Crippen LogP contribution in [-0.4, -0.2) is 35.3 Å². The average molecular weight is 381 g/mol. The van der Waals surface area contributed by atoms with Crippen LogP contribution in [0.1, 0.15) is 42.4 Å². The van der Waals surface area contributed by atoms with Crippen LogP contribution in [0.5, 0.6) is 0 Å². The summed E-state index contributed by atoms with van der Waals surface area (Å²) in [6.07, 6.45) is 3.89. The van der Waals surface area contributed by atoms with Gasteiger partial charge in [-0.3, -0.25) is 9.69 Å². The molecule has 4 rings (SSSR count). The van der Waals surface area contributed by atoms with Crippen LogP contribution >= 0.6 is 0 Å². The molecule has 2 aliphatic rings. The lowest BCUT2D eigenvalue weighted by atomic mass is 9.72. The Balaban J connectivity index is 1.37. The van der Waals surface area contributed by atoms with Crippen molar-refractivity contribution >= 4 is 5.91 Å². The van der Waals surface area contributed by atoms with Gasteiger partial charge in [-0.25, -0.2) is 4.39 Å². The summed E-state index contributed by atoms with van der Waals surface area (Å²) in [6.45, 7) is 6.37. The number of amides is 1. The van der Waals surface area contributed by atoms with E-state index in [-0.39, 0.29) is 17.1 Å². The van der Waals surface area contributed by atoms with E-state index in [9.17, 15) is 9.18 Å². The number of aryl methyl sites for hydroxylation is 1. The van der Waals surface area contributed by atoms with Crippen LogP contribution in [0.2, 0.25) is 0 Å². The maximum atomic E-state index is 13.7. The van der Waals surface area contributed by atoms with Gasteiger partial charge in [0.2, 0.25) is 5.91 Å². The average Bonchev–Trinajstić information content (AvgIpc) is 2.67. The zero-order valence-corrected chi connectivity index (χ0v) is 16.7. The van der Waals surface area contributed by atoms with Gasteiger partial charge in [-0.15, -0.1) is 0 Å². The van der Waals surface area contributed by atoms with E-state index in [1.54, 1.807) is 12.1 Å². The van der Waals surface area contributed by atoms with Gasteiger partial charge in [0.1, 0.15) is 5.82 Å². The molecule has 0 unspecified atom stereocenters. The molecule has 4 heteroatoms. The van der Waals surface area contributed by atoms with Crippen LogP contribution in [0.25, 0.3) is 0 Å². The number of piperidine rings is 2. The molecule has 0 aromatic heterocycles. The predicted octanol–water partition coefficient (Wildman–Crippen LogP) is 4.54. The van der Waals surface area contributed by atoms with Gasteiger partial charge in [0.05, 0.1) is 0 Å². The van der Waals surface area contributed by atoms with E-state index in [4.69, 9.17) is 0 Å². The third-order valence-corrected chi connectivity index (χ3v) is 6.39. The van der Waals surface area contributed by atoms with Crippen LogP contribution < -0.4 is 0 Å². The molecule has 0 bridgehead atoms. The van der Waals surface area contributed by atoms with E-state index >= 15 is 0 Å². The number of nitrogens with zero attached hydrogens (tertiary/aromatic N) is 2. The standard InChI is InChI=1S/C24H29FN2O/c1-19-13-21(15-22(25)14-19)16-26-11-9-24(10-12-26)8-7-23(28)27(18-24)17-20-5-3-2-4-6-20/h2-6,13-15H,7-12,16-18H2,1H3. The monoisotopic (exact) mass is 380 g/mol. The number of benzene rings is 2. The molecule has 28 heavy (non-hydrogen) atoms. The lowest BCUT2D eigenvalue weighted by Gasteiger charge is -2.47. The second-order valence-corrected chi connectivity index (χ2v) is 8.65. The maximum Gasteiger partial charge on any atom is 0.222 e. The first kappa shape index (κ1) is 19.1. The highest BCUT2D eigenvalue weighted by Crippen LogP contribution is 2.40. The molecule has 1 spiro atoms. The van der Waals surface area contributed by atoms with E-state index in [0.717, 1.165) is 56.6 Å². The summed E-state index contributed by atoms with van der Waals surface area (Å²) >= 11 is 0. The fraction of sp³-hybridized carbons (Fsp3) is 0.458. The second kappa shape index (κ2) is 8.04. The fourth-order valence-corrected chi connectivity index (χ4v) is 4.81. The quantitative estimate of drug-likeness (QED) is 0.778. The smallest absolute Gasteiger partial charge is 0.222 e. The Hall–Kier alpha value is -2.20. The van der Waals surface area contributed by atoms with Crippen molar-refractivity contribution in [3.63, 3.8) is 0 Å². The molecule has 148 valence electrons. The number of hydrogen-bond acceptors (Lipinski definition) is 2. The fourth-order valence-electron chi connectivity index (χ4n) is 4.81. The molecule has 0 aliphatic carbocycles. The zero-order chi connectivity index (χ0) is 19.6. The van der Waals surface area contributed by atoms with E-state index in [0.29, 0.717) is 13.0 Å². The molecule has 0 atom stereocenters. The third kappa shape index (κ3) is 4.44. The number of rotatable bonds is 4. The minimum Gasteiger partial charge on any atom is -0.338 e. The number of hydrogen-bond donors (Lipinski definition) is 0. The Morgan fingerprint density at radius 1 is 0.964 bits per heavy atom. The summed E-state index contributed by atoms with van der Waals surface area (Å²) in [6, 6.07) is 15.6. The number of halogens is 1. The molecular weight excluding hydrogens is 351 g/mol. The Labute approximate surface area is 167 Å². The molecule has 2 aliphatic heterocycles. The van der Waals surface area contributed by atoms with Crippen LogP contribution in [0, 0.1) is 18.2 Å². The van der Waals surface area contributed by atoms with Crippen molar-refractivity contribution < 1.29 is 9.18 Å². The Bertz CT molecular complexity index is 808. The number of carbonyl (C=O) groups excluding carboxylic acids is 1. The predicted molar refractivity (Wildman–Crippen MR) is 109 cm³/mol. The third-order valence-electron chi connectivity index (χ3n) is 6.39. The van der Waals surface area contributed by atoms with Crippen molar-refractivity contribution in [1.82, 2.24) is 9.80 Å². The van der Waals surface area contributed by atoms with Gasteiger partial charge in [-0.2, -0.15) is 0 Å². The van der Waals surface area contributed by atoms with Gasteiger partial charge in [0.25, 0.3) is 0 Å². The largest absolute Gasteiger partial charge is 0.338 e. The van der Waals surface area contributed by atoms with Gasteiger partial charge in [0, 0.05) is 26.1 Å². The van der Waals surface area contributed by atoms with Gasteiger partial charge >= 0.3 is 0 Å². The Morgan fingerprint density at radius 3 is 2.43 bits per heavy atom. The summed E-state index contributed by atoms with van der Waals surface area (Å²) in [5.41, 5.74) is 3.48. The van der Waals surface area contributed by atoms with Gasteiger partial charge in [0.15, 0.2) is 0 Å². The summed E-state index contributed by atoms with van der Waals surface area (Å²) in [4.78, 5) is 17.0. The van der Waals surface area contributed by atoms with Crippen LogP contribution in [0.15, 0.2) is 48.5 Å². The zero-order valence-electron chi connectivity index (χ0n) is 16.7. The van der Waals surface area contributed by atoms with Crippen molar-refractivity contribution in [2.75, 3.05) is 19.6 Å². The summed E-state index contributed by atoms with van der Waals surface area (Å²) in [7, 11) is 0. The van der Waals surface area contributed by atoms with Crippen molar-refractivity contribution in [2.45, 2.75) is 45.7 Å².